The van der Waals surface area contributed by atoms with E-state index in [4.69, 9.17) is 0 Å². The van der Waals surface area contributed by atoms with Gasteiger partial charge in [0.2, 0.25) is 5.91 Å². The first-order chi connectivity index (χ1) is 15.2. The maximum atomic E-state index is 13.0. The van der Waals surface area contributed by atoms with Crippen LogP contribution in [0, 0.1) is 11.8 Å². The molecule has 1 aromatic carbocycles. The topological polar surface area (TPSA) is 57.5 Å². The summed E-state index contributed by atoms with van der Waals surface area (Å²) in [5, 5.41) is 8.82. The van der Waals surface area contributed by atoms with Crippen LogP contribution in [-0.2, 0) is 24.4 Å². The number of rotatable bonds is 7. The van der Waals surface area contributed by atoms with Crippen molar-refractivity contribution in [3.63, 3.8) is 0 Å². The highest BCUT2D eigenvalue weighted by Gasteiger charge is 2.44. The van der Waals surface area contributed by atoms with Crippen LogP contribution in [0.15, 0.2) is 36.5 Å². The van der Waals surface area contributed by atoms with Gasteiger partial charge >= 0.3 is 0 Å². The van der Waals surface area contributed by atoms with E-state index in [-0.39, 0.29) is 5.92 Å². The van der Waals surface area contributed by atoms with Gasteiger partial charge in [-0.15, -0.1) is 5.10 Å². The third-order valence-electron chi connectivity index (χ3n) is 7.32. The Labute approximate surface area is 185 Å². The summed E-state index contributed by atoms with van der Waals surface area (Å²) in [6.07, 6.45) is 6.70. The molecule has 5 heterocycles. The van der Waals surface area contributed by atoms with Crippen LogP contribution < -0.4 is 0 Å². The quantitative estimate of drug-likeness (QED) is 0.685. The fourth-order valence-electron chi connectivity index (χ4n) is 5.72. The van der Waals surface area contributed by atoms with Gasteiger partial charge in [-0.1, -0.05) is 35.5 Å². The van der Waals surface area contributed by atoms with E-state index in [1.807, 2.05) is 10.7 Å². The Morgan fingerprint density at radius 3 is 2.68 bits per heavy atom. The number of carbonyl (C=O) groups is 1. The molecule has 0 N–H and O–H groups in total. The van der Waals surface area contributed by atoms with Gasteiger partial charge in [-0.3, -0.25) is 19.3 Å². The summed E-state index contributed by atoms with van der Waals surface area (Å²) in [4.78, 5) is 19.9. The number of hydrogen-bond acceptors (Lipinski definition) is 5. The molecule has 1 unspecified atom stereocenters. The Kier molecular flexibility index (Phi) is 6.05. The minimum atomic E-state index is 0.209. The molecule has 0 aliphatic carbocycles. The Bertz CT molecular complexity index is 877. The molecular weight excluding hydrogens is 388 g/mol. The van der Waals surface area contributed by atoms with Crippen molar-refractivity contribution in [2.24, 2.45) is 11.8 Å². The second-order valence-electron chi connectivity index (χ2n) is 9.66. The third kappa shape index (κ3) is 4.67. The lowest BCUT2D eigenvalue weighted by Gasteiger charge is -2.49. The predicted octanol–water partition coefficient (Wildman–Crippen LogP) is 2.24. The Balaban J connectivity index is 1.15. The standard InChI is InChI=1S/C24H34N6O/c1-27(14-19-7-3-2-4-8-19)15-21-16-30(26-25-21)17-22-13-20-9-12-29(22)18-23(20)24(31)28-10-5-6-11-28/h2-4,7-8,16,20,22-23H,5-6,9-15,17-18H2,1H3/t20-,22+,23-/m0/s1. The van der Waals surface area contributed by atoms with Crippen LogP contribution in [0.2, 0.25) is 0 Å². The van der Waals surface area contributed by atoms with E-state index >= 15 is 0 Å². The molecule has 1 aromatic heterocycles. The summed E-state index contributed by atoms with van der Waals surface area (Å²) < 4.78 is 2.01. The summed E-state index contributed by atoms with van der Waals surface area (Å²) >= 11 is 0. The summed E-state index contributed by atoms with van der Waals surface area (Å²) in [7, 11) is 2.12. The number of likely N-dealkylation sites (tertiary alicyclic amines) is 1. The SMILES string of the molecule is CN(Cc1ccccc1)Cc1cn(C[C@H]2C[C@@H]3CCN2C[C@@H]3C(=O)N2CCCC2)nn1. The van der Waals surface area contributed by atoms with Gasteiger partial charge in [-0.05, 0) is 50.8 Å². The highest BCUT2D eigenvalue weighted by molar-refractivity contribution is 5.80. The van der Waals surface area contributed by atoms with E-state index in [9.17, 15) is 4.79 Å². The van der Waals surface area contributed by atoms with Gasteiger partial charge in [0.25, 0.3) is 0 Å². The van der Waals surface area contributed by atoms with Crippen molar-refractivity contribution in [2.45, 2.75) is 51.4 Å². The minimum absolute atomic E-state index is 0.209. The van der Waals surface area contributed by atoms with Crippen molar-refractivity contribution in [3.8, 4) is 0 Å². The Hall–Kier alpha value is -2.25. The minimum Gasteiger partial charge on any atom is -0.342 e. The fraction of sp³-hybridized carbons (Fsp3) is 0.625. The molecule has 1 amide bonds. The maximum Gasteiger partial charge on any atom is 0.227 e. The van der Waals surface area contributed by atoms with Gasteiger partial charge in [0, 0.05) is 45.0 Å². The van der Waals surface area contributed by atoms with Crippen molar-refractivity contribution in [2.75, 3.05) is 33.2 Å². The number of aromatic nitrogens is 3. The molecule has 0 saturated carbocycles. The van der Waals surface area contributed by atoms with E-state index < -0.39 is 0 Å². The highest BCUT2D eigenvalue weighted by atomic mass is 16.2. The molecule has 31 heavy (non-hydrogen) atoms. The molecule has 7 nitrogen and oxygen atoms in total. The molecule has 2 bridgehead atoms. The Morgan fingerprint density at radius 2 is 1.94 bits per heavy atom. The number of hydrogen-bond donors (Lipinski definition) is 0. The van der Waals surface area contributed by atoms with E-state index in [2.05, 4.69) is 62.5 Å². The van der Waals surface area contributed by atoms with Crippen LogP contribution in [-0.4, -0.2) is 74.9 Å². The lowest BCUT2D eigenvalue weighted by Crippen LogP contribution is -2.58. The number of fused-ring (bicyclic) bond motifs is 3. The zero-order valence-electron chi connectivity index (χ0n) is 18.6. The van der Waals surface area contributed by atoms with Crippen LogP contribution in [0.3, 0.4) is 0 Å². The molecule has 166 valence electrons. The van der Waals surface area contributed by atoms with Crippen molar-refractivity contribution < 1.29 is 4.79 Å². The molecule has 2 aromatic rings. The lowest BCUT2D eigenvalue weighted by molar-refractivity contribution is -0.142. The Morgan fingerprint density at radius 1 is 1.13 bits per heavy atom. The van der Waals surface area contributed by atoms with Gasteiger partial charge in [-0.25, -0.2) is 0 Å². The second kappa shape index (κ2) is 9.09. The first kappa shape index (κ1) is 20.6. The van der Waals surface area contributed by atoms with Crippen LogP contribution in [0.25, 0.3) is 0 Å². The van der Waals surface area contributed by atoms with Crippen molar-refractivity contribution >= 4 is 5.91 Å². The highest BCUT2D eigenvalue weighted by Crippen LogP contribution is 2.38. The van der Waals surface area contributed by atoms with Crippen molar-refractivity contribution in [1.82, 2.24) is 29.7 Å². The first-order valence-corrected chi connectivity index (χ1v) is 11.8. The molecule has 6 rings (SSSR count). The van der Waals surface area contributed by atoms with Crippen LogP contribution in [0.4, 0.5) is 0 Å². The van der Waals surface area contributed by atoms with Crippen LogP contribution >= 0.6 is 0 Å². The molecule has 4 aliphatic heterocycles. The zero-order chi connectivity index (χ0) is 21.2. The van der Waals surface area contributed by atoms with Crippen molar-refractivity contribution in [3.05, 3.63) is 47.8 Å². The lowest BCUT2D eigenvalue weighted by atomic mass is 9.75. The number of benzene rings is 1. The summed E-state index contributed by atoms with van der Waals surface area (Å²) in [6.45, 7) is 6.53. The van der Waals surface area contributed by atoms with Gasteiger partial charge in [0.1, 0.15) is 0 Å². The molecule has 0 spiro atoms. The predicted molar refractivity (Wildman–Crippen MR) is 119 cm³/mol. The zero-order valence-corrected chi connectivity index (χ0v) is 18.6. The first-order valence-electron chi connectivity index (χ1n) is 11.8. The molecule has 0 radical (unpaired) electrons. The van der Waals surface area contributed by atoms with E-state index in [0.29, 0.717) is 17.9 Å². The molecule has 7 heteroatoms. The molecule has 4 atom stereocenters. The normalized spacial score (nSPS) is 27.9. The smallest absolute Gasteiger partial charge is 0.227 e. The summed E-state index contributed by atoms with van der Waals surface area (Å²) in [5.74, 6) is 1.15. The summed E-state index contributed by atoms with van der Waals surface area (Å²) in [5.41, 5.74) is 2.32. The summed E-state index contributed by atoms with van der Waals surface area (Å²) in [6, 6.07) is 11.0. The number of piperidine rings is 3. The number of nitrogens with zero attached hydrogens (tertiary/aromatic N) is 6. The number of amides is 1. The average molecular weight is 423 g/mol. The van der Waals surface area contributed by atoms with Gasteiger partial charge in [0.15, 0.2) is 0 Å². The maximum absolute atomic E-state index is 13.0. The number of carbonyl (C=O) groups excluding carboxylic acids is 1. The monoisotopic (exact) mass is 422 g/mol. The molecule has 4 aliphatic rings. The van der Waals surface area contributed by atoms with Gasteiger partial charge in [0.05, 0.1) is 18.2 Å². The van der Waals surface area contributed by atoms with Crippen molar-refractivity contribution in [1.29, 1.82) is 0 Å². The van der Waals surface area contributed by atoms with E-state index in [1.165, 1.54) is 18.4 Å². The molecule has 4 fully saturated rings. The fourth-order valence-corrected chi connectivity index (χ4v) is 5.72. The van der Waals surface area contributed by atoms with E-state index in [1.54, 1.807) is 0 Å². The van der Waals surface area contributed by atoms with Crippen LogP contribution in [0.5, 0.6) is 0 Å². The average Bonchev–Trinajstić information content (AvgIpc) is 3.47. The van der Waals surface area contributed by atoms with Crippen LogP contribution in [0.1, 0.15) is 36.9 Å². The second-order valence-corrected chi connectivity index (χ2v) is 9.66. The van der Waals surface area contributed by atoms with Gasteiger partial charge < -0.3 is 4.90 Å². The molecular formula is C24H34N6O. The largest absolute Gasteiger partial charge is 0.342 e. The van der Waals surface area contributed by atoms with E-state index in [0.717, 1.165) is 64.3 Å². The molecule has 4 saturated heterocycles. The third-order valence-corrected chi connectivity index (χ3v) is 7.32. The van der Waals surface area contributed by atoms with Gasteiger partial charge in [-0.2, -0.15) is 0 Å².